The van der Waals surface area contributed by atoms with E-state index < -0.39 is 0 Å². The van der Waals surface area contributed by atoms with Crippen molar-refractivity contribution in [2.75, 3.05) is 0 Å². The first-order chi connectivity index (χ1) is 6.13. The van der Waals surface area contributed by atoms with E-state index in [1.54, 1.807) is 0 Å². The zero-order valence-corrected chi connectivity index (χ0v) is 9.84. The Labute approximate surface area is 84.4 Å². The van der Waals surface area contributed by atoms with E-state index in [-0.39, 0.29) is 0 Å². The first-order valence-electron chi connectivity index (χ1n) is 5.78. The summed E-state index contributed by atoms with van der Waals surface area (Å²) in [4.78, 5) is 0. The molecule has 0 radical (unpaired) electrons. The second-order valence-corrected chi connectivity index (χ2v) is 4.77. The molecule has 0 aliphatic heterocycles. The molecule has 0 aliphatic carbocycles. The van der Waals surface area contributed by atoms with Crippen molar-refractivity contribution in [3.63, 3.8) is 0 Å². The number of rotatable bonds is 7. The quantitative estimate of drug-likeness (QED) is 0.392. The summed E-state index contributed by atoms with van der Waals surface area (Å²) in [6, 6.07) is 0. The minimum atomic E-state index is 0.848. The van der Waals surface area contributed by atoms with Crippen molar-refractivity contribution in [2.24, 2.45) is 11.8 Å². The summed E-state index contributed by atoms with van der Waals surface area (Å²) in [6.07, 6.45) is 11.3. The highest BCUT2D eigenvalue weighted by Gasteiger charge is 1.92. The van der Waals surface area contributed by atoms with Crippen molar-refractivity contribution in [1.82, 2.24) is 0 Å². The molecule has 78 valence electrons. The van der Waals surface area contributed by atoms with Gasteiger partial charge < -0.3 is 0 Å². The standard InChI is InChI=1S/C13H26/c1-12(2)10-8-6-5-7-9-11-13(3)4/h5-6,12-13H,7-11H2,1-4H3. The topological polar surface area (TPSA) is 0 Å². The molecule has 0 aromatic heterocycles. The number of unbranched alkanes of at least 4 members (excludes halogenated alkanes) is 1. The molecule has 0 heteroatoms. The lowest BCUT2D eigenvalue weighted by Crippen LogP contribution is -1.85. The van der Waals surface area contributed by atoms with Crippen LogP contribution in [-0.2, 0) is 0 Å². The fourth-order valence-electron chi connectivity index (χ4n) is 1.31. The van der Waals surface area contributed by atoms with E-state index >= 15 is 0 Å². The highest BCUT2D eigenvalue weighted by molar-refractivity contribution is 4.81. The van der Waals surface area contributed by atoms with Gasteiger partial charge in [-0.05, 0) is 37.5 Å². The Bertz CT molecular complexity index is 120. The fraction of sp³-hybridized carbons (Fsp3) is 0.846. The molecule has 0 heterocycles. The lowest BCUT2D eigenvalue weighted by molar-refractivity contribution is 0.558. The van der Waals surface area contributed by atoms with Crippen LogP contribution in [0.1, 0.15) is 59.8 Å². The second kappa shape index (κ2) is 8.34. The smallest absolute Gasteiger partial charge is 0.0348 e. The van der Waals surface area contributed by atoms with Crippen LogP contribution in [0.2, 0.25) is 0 Å². The van der Waals surface area contributed by atoms with Crippen LogP contribution >= 0.6 is 0 Å². The molecule has 0 unspecified atom stereocenters. The average molecular weight is 182 g/mol. The monoisotopic (exact) mass is 182 g/mol. The van der Waals surface area contributed by atoms with E-state index in [4.69, 9.17) is 0 Å². The Kier molecular flexibility index (Phi) is 8.18. The maximum Gasteiger partial charge on any atom is -0.0348 e. The van der Waals surface area contributed by atoms with Gasteiger partial charge in [0.25, 0.3) is 0 Å². The number of allylic oxidation sites excluding steroid dienone is 2. The number of hydrogen-bond acceptors (Lipinski definition) is 0. The third-order valence-electron chi connectivity index (χ3n) is 2.23. The molecule has 0 bridgehead atoms. The van der Waals surface area contributed by atoms with Gasteiger partial charge >= 0.3 is 0 Å². The van der Waals surface area contributed by atoms with Crippen molar-refractivity contribution in [1.29, 1.82) is 0 Å². The Morgan fingerprint density at radius 3 is 1.85 bits per heavy atom. The van der Waals surface area contributed by atoms with Gasteiger partial charge in [-0.15, -0.1) is 0 Å². The fourth-order valence-corrected chi connectivity index (χ4v) is 1.31. The maximum atomic E-state index is 2.35. The first-order valence-corrected chi connectivity index (χ1v) is 5.78. The van der Waals surface area contributed by atoms with E-state index in [1.165, 1.54) is 32.1 Å². The molecule has 0 atom stereocenters. The predicted molar refractivity (Wildman–Crippen MR) is 61.9 cm³/mol. The van der Waals surface area contributed by atoms with Gasteiger partial charge in [0.15, 0.2) is 0 Å². The normalized spacial score (nSPS) is 12.2. The molecule has 0 amide bonds. The summed E-state index contributed by atoms with van der Waals surface area (Å²) >= 11 is 0. The maximum absolute atomic E-state index is 2.35. The van der Waals surface area contributed by atoms with Crippen molar-refractivity contribution >= 4 is 0 Å². The van der Waals surface area contributed by atoms with Gasteiger partial charge in [0.2, 0.25) is 0 Å². The second-order valence-electron chi connectivity index (χ2n) is 4.77. The van der Waals surface area contributed by atoms with Gasteiger partial charge in [-0.1, -0.05) is 46.3 Å². The third kappa shape index (κ3) is 11.7. The molecule has 0 rings (SSSR count). The van der Waals surface area contributed by atoms with Gasteiger partial charge in [0.05, 0.1) is 0 Å². The Morgan fingerprint density at radius 2 is 1.31 bits per heavy atom. The van der Waals surface area contributed by atoms with Crippen molar-refractivity contribution < 1.29 is 0 Å². The van der Waals surface area contributed by atoms with E-state index in [0.717, 1.165) is 11.8 Å². The number of hydrogen-bond donors (Lipinski definition) is 0. The van der Waals surface area contributed by atoms with Gasteiger partial charge in [0.1, 0.15) is 0 Å². The average Bonchev–Trinajstić information content (AvgIpc) is 2.01. The van der Waals surface area contributed by atoms with E-state index in [0.29, 0.717) is 0 Å². The first kappa shape index (κ1) is 12.7. The minimum absolute atomic E-state index is 0.848. The van der Waals surface area contributed by atoms with Crippen LogP contribution in [0.4, 0.5) is 0 Å². The molecule has 0 N–H and O–H groups in total. The van der Waals surface area contributed by atoms with Crippen LogP contribution in [0, 0.1) is 11.8 Å². The lowest BCUT2D eigenvalue weighted by atomic mass is 10.1. The minimum Gasteiger partial charge on any atom is -0.0885 e. The van der Waals surface area contributed by atoms with Crippen LogP contribution in [0.3, 0.4) is 0 Å². The molecule has 13 heavy (non-hydrogen) atoms. The largest absolute Gasteiger partial charge is 0.0885 e. The summed E-state index contributed by atoms with van der Waals surface area (Å²) in [5.74, 6) is 1.71. The summed E-state index contributed by atoms with van der Waals surface area (Å²) in [6.45, 7) is 9.16. The summed E-state index contributed by atoms with van der Waals surface area (Å²) in [7, 11) is 0. The van der Waals surface area contributed by atoms with E-state index in [9.17, 15) is 0 Å². The molecule has 0 nitrogen and oxygen atoms in total. The zero-order chi connectivity index (χ0) is 10.1. The van der Waals surface area contributed by atoms with Crippen LogP contribution in [-0.4, -0.2) is 0 Å². The van der Waals surface area contributed by atoms with Crippen LogP contribution in [0.15, 0.2) is 12.2 Å². The van der Waals surface area contributed by atoms with Gasteiger partial charge in [-0.25, -0.2) is 0 Å². The van der Waals surface area contributed by atoms with Crippen LogP contribution < -0.4 is 0 Å². The molecule has 0 aliphatic rings. The molecular formula is C13H26. The summed E-state index contributed by atoms with van der Waals surface area (Å²) in [5, 5.41) is 0. The highest BCUT2D eigenvalue weighted by atomic mass is 14.0. The zero-order valence-electron chi connectivity index (χ0n) is 9.84. The molecular weight excluding hydrogens is 156 g/mol. The van der Waals surface area contributed by atoms with Gasteiger partial charge in [0, 0.05) is 0 Å². The van der Waals surface area contributed by atoms with Crippen molar-refractivity contribution in [3.8, 4) is 0 Å². The predicted octanol–water partition coefficient (Wildman–Crippen LogP) is 4.81. The summed E-state index contributed by atoms with van der Waals surface area (Å²) < 4.78 is 0. The molecule has 0 aromatic carbocycles. The Morgan fingerprint density at radius 1 is 0.769 bits per heavy atom. The highest BCUT2D eigenvalue weighted by Crippen LogP contribution is 2.08. The molecule has 0 saturated heterocycles. The van der Waals surface area contributed by atoms with Crippen LogP contribution in [0.5, 0.6) is 0 Å². The van der Waals surface area contributed by atoms with E-state index in [1.807, 2.05) is 0 Å². The van der Waals surface area contributed by atoms with Crippen LogP contribution in [0.25, 0.3) is 0 Å². The SMILES string of the molecule is CC(C)CCC=CCCCC(C)C. The molecule has 0 fully saturated rings. The lowest BCUT2D eigenvalue weighted by Gasteiger charge is -2.01. The van der Waals surface area contributed by atoms with E-state index in [2.05, 4.69) is 39.8 Å². The summed E-state index contributed by atoms with van der Waals surface area (Å²) in [5.41, 5.74) is 0. The molecule has 0 saturated carbocycles. The van der Waals surface area contributed by atoms with Gasteiger partial charge in [-0.3, -0.25) is 0 Å². The van der Waals surface area contributed by atoms with Crippen molar-refractivity contribution in [3.05, 3.63) is 12.2 Å². The Balaban J connectivity index is 3.13. The molecule has 0 aromatic rings. The Hall–Kier alpha value is -0.260. The van der Waals surface area contributed by atoms with Gasteiger partial charge in [-0.2, -0.15) is 0 Å². The molecule has 0 spiro atoms. The third-order valence-corrected chi connectivity index (χ3v) is 2.23. The van der Waals surface area contributed by atoms with Crippen molar-refractivity contribution in [2.45, 2.75) is 59.8 Å².